The number of amides is 1. The van der Waals surface area contributed by atoms with Gasteiger partial charge < -0.3 is 5.32 Å². The standard InChI is InChI=1S/C12H13N3OS/c1-9-8-17-12(14-9)15-11(16)6-5-10-4-2-3-7-13-10/h2-4,7-8H,5-6H2,1H3,(H,14,15,16). The van der Waals surface area contributed by atoms with Crippen molar-refractivity contribution in [3.63, 3.8) is 0 Å². The lowest BCUT2D eigenvalue weighted by atomic mass is 10.2. The number of rotatable bonds is 4. The highest BCUT2D eigenvalue weighted by Gasteiger charge is 2.05. The fourth-order valence-corrected chi connectivity index (χ4v) is 2.09. The number of aryl methyl sites for hydroxylation is 2. The van der Waals surface area contributed by atoms with Crippen molar-refractivity contribution < 1.29 is 4.79 Å². The van der Waals surface area contributed by atoms with E-state index in [2.05, 4.69) is 15.3 Å². The van der Waals surface area contributed by atoms with Gasteiger partial charge >= 0.3 is 0 Å². The molecule has 0 spiro atoms. The number of hydrogen-bond acceptors (Lipinski definition) is 4. The maximum atomic E-state index is 11.6. The Labute approximate surface area is 104 Å². The fraction of sp³-hybridized carbons (Fsp3) is 0.250. The Hall–Kier alpha value is -1.75. The Morgan fingerprint density at radius 2 is 2.35 bits per heavy atom. The van der Waals surface area contributed by atoms with Gasteiger partial charge in [-0.1, -0.05) is 6.07 Å². The van der Waals surface area contributed by atoms with E-state index in [1.807, 2.05) is 30.5 Å². The van der Waals surface area contributed by atoms with Crippen molar-refractivity contribution in [3.05, 3.63) is 41.2 Å². The van der Waals surface area contributed by atoms with E-state index in [-0.39, 0.29) is 5.91 Å². The van der Waals surface area contributed by atoms with Crippen molar-refractivity contribution >= 4 is 22.4 Å². The first-order chi connectivity index (χ1) is 8.24. The second-order valence-corrected chi connectivity index (χ2v) is 4.52. The van der Waals surface area contributed by atoms with Gasteiger partial charge in [0.05, 0.1) is 5.69 Å². The molecule has 17 heavy (non-hydrogen) atoms. The van der Waals surface area contributed by atoms with Gasteiger partial charge in [-0.05, 0) is 25.5 Å². The molecule has 1 amide bonds. The molecule has 0 aliphatic carbocycles. The van der Waals surface area contributed by atoms with E-state index in [4.69, 9.17) is 0 Å². The topological polar surface area (TPSA) is 54.9 Å². The minimum atomic E-state index is -0.0231. The van der Waals surface area contributed by atoms with Gasteiger partial charge in [0.25, 0.3) is 0 Å². The van der Waals surface area contributed by atoms with E-state index in [0.717, 1.165) is 11.4 Å². The molecule has 2 aromatic heterocycles. The first kappa shape index (κ1) is 11.7. The molecule has 0 aliphatic heterocycles. The molecular formula is C12H13N3OS. The molecule has 0 aliphatic rings. The van der Waals surface area contributed by atoms with Crippen LogP contribution in [0.15, 0.2) is 29.8 Å². The number of pyridine rings is 1. The highest BCUT2D eigenvalue weighted by molar-refractivity contribution is 7.13. The first-order valence-electron chi connectivity index (χ1n) is 5.36. The molecule has 0 bridgehead atoms. The molecule has 0 atom stereocenters. The number of thiazole rings is 1. The predicted molar refractivity (Wildman–Crippen MR) is 68.0 cm³/mol. The molecule has 2 heterocycles. The van der Waals surface area contributed by atoms with E-state index in [0.29, 0.717) is 18.0 Å². The summed E-state index contributed by atoms with van der Waals surface area (Å²) in [6, 6.07) is 5.70. The third-order valence-corrected chi connectivity index (χ3v) is 3.08. The van der Waals surface area contributed by atoms with Crippen LogP contribution in [0, 0.1) is 6.92 Å². The minimum absolute atomic E-state index is 0.0231. The van der Waals surface area contributed by atoms with E-state index in [1.54, 1.807) is 6.20 Å². The van der Waals surface area contributed by atoms with Crippen molar-refractivity contribution in [2.45, 2.75) is 19.8 Å². The number of nitrogens with zero attached hydrogens (tertiary/aromatic N) is 2. The molecule has 2 rings (SSSR count). The van der Waals surface area contributed by atoms with Crippen molar-refractivity contribution in [1.82, 2.24) is 9.97 Å². The lowest BCUT2D eigenvalue weighted by Crippen LogP contribution is -2.12. The molecule has 0 saturated heterocycles. The number of aromatic nitrogens is 2. The molecule has 4 nitrogen and oxygen atoms in total. The molecule has 0 unspecified atom stereocenters. The summed E-state index contributed by atoms with van der Waals surface area (Å²) in [6.07, 6.45) is 2.81. The van der Waals surface area contributed by atoms with Crippen molar-refractivity contribution in [3.8, 4) is 0 Å². The molecule has 0 saturated carbocycles. The van der Waals surface area contributed by atoms with Crippen LogP contribution in [0.3, 0.4) is 0 Å². The Kier molecular flexibility index (Phi) is 3.82. The highest BCUT2D eigenvalue weighted by atomic mass is 32.1. The lowest BCUT2D eigenvalue weighted by Gasteiger charge is -2.01. The van der Waals surface area contributed by atoms with E-state index in [9.17, 15) is 4.79 Å². The monoisotopic (exact) mass is 247 g/mol. The summed E-state index contributed by atoms with van der Waals surface area (Å²) in [6.45, 7) is 1.90. The summed E-state index contributed by atoms with van der Waals surface area (Å²) in [4.78, 5) is 20.0. The Morgan fingerprint density at radius 3 is 3.00 bits per heavy atom. The van der Waals surface area contributed by atoms with Crippen LogP contribution in [0.1, 0.15) is 17.8 Å². The van der Waals surface area contributed by atoms with Gasteiger partial charge in [0.1, 0.15) is 0 Å². The molecule has 0 fully saturated rings. The van der Waals surface area contributed by atoms with Crippen LogP contribution < -0.4 is 5.32 Å². The molecular weight excluding hydrogens is 234 g/mol. The van der Waals surface area contributed by atoms with Crippen LogP contribution >= 0.6 is 11.3 Å². The highest BCUT2D eigenvalue weighted by Crippen LogP contribution is 2.14. The van der Waals surface area contributed by atoms with Gasteiger partial charge in [-0.2, -0.15) is 0 Å². The Morgan fingerprint density at radius 1 is 1.47 bits per heavy atom. The predicted octanol–water partition coefficient (Wildman–Crippen LogP) is 2.42. The zero-order chi connectivity index (χ0) is 12.1. The van der Waals surface area contributed by atoms with Crippen molar-refractivity contribution in [1.29, 1.82) is 0 Å². The van der Waals surface area contributed by atoms with Gasteiger partial charge in [-0.3, -0.25) is 9.78 Å². The molecule has 0 aromatic carbocycles. The second-order valence-electron chi connectivity index (χ2n) is 3.66. The number of carbonyl (C=O) groups excluding carboxylic acids is 1. The minimum Gasteiger partial charge on any atom is -0.302 e. The number of nitrogens with one attached hydrogen (secondary N) is 1. The molecule has 1 N–H and O–H groups in total. The molecule has 2 aromatic rings. The SMILES string of the molecule is Cc1csc(NC(=O)CCc2ccccn2)n1. The smallest absolute Gasteiger partial charge is 0.226 e. The summed E-state index contributed by atoms with van der Waals surface area (Å²) in [5.41, 5.74) is 1.85. The van der Waals surface area contributed by atoms with E-state index in [1.165, 1.54) is 11.3 Å². The maximum Gasteiger partial charge on any atom is 0.226 e. The number of hydrogen-bond donors (Lipinski definition) is 1. The van der Waals surface area contributed by atoms with Gasteiger partial charge in [-0.25, -0.2) is 4.98 Å². The Bertz CT molecular complexity index is 495. The van der Waals surface area contributed by atoms with Crippen LogP contribution in [-0.4, -0.2) is 15.9 Å². The third kappa shape index (κ3) is 3.64. The van der Waals surface area contributed by atoms with Crippen LogP contribution in [0.4, 0.5) is 5.13 Å². The third-order valence-electron chi connectivity index (χ3n) is 2.20. The average Bonchev–Trinajstić information content (AvgIpc) is 2.73. The van der Waals surface area contributed by atoms with Gasteiger partial charge in [-0.15, -0.1) is 11.3 Å². The number of carbonyl (C=O) groups is 1. The van der Waals surface area contributed by atoms with Crippen LogP contribution in [-0.2, 0) is 11.2 Å². The van der Waals surface area contributed by atoms with E-state index >= 15 is 0 Å². The van der Waals surface area contributed by atoms with Crippen LogP contribution in [0.2, 0.25) is 0 Å². The zero-order valence-electron chi connectivity index (χ0n) is 9.51. The molecule has 88 valence electrons. The fourth-order valence-electron chi connectivity index (χ4n) is 1.38. The summed E-state index contributed by atoms with van der Waals surface area (Å²) >= 11 is 1.44. The van der Waals surface area contributed by atoms with Crippen LogP contribution in [0.5, 0.6) is 0 Å². The maximum absolute atomic E-state index is 11.6. The summed E-state index contributed by atoms with van der Waals surface area (Å²) in [5, 5.41) is 5.35. The molecule has 5 heteroatoms. The second kappa shape index (κ2) is 5.54. The lowest BCUT2D eigenvalue weighted by molar-refractivity contribution is -0.116. The van der Waals surface area contributed by atoms with Gasteiger partial charge in [0, 0.05) is 23.7 Å². The summed E-state index contributed by atoms with van der Waals surface area (Å²) < 4.78 is 0. The zero-order valence-corrected chi connectivity index (χ0v) is 10.3. The average molecular weight is 247 g/mol. The summed E-state index contributed by atoms with van der Waals surface area (Å²) in [5.74, 6) is -0.0231. The van der Waals surface area contributed by atoms with Crippen LogP contribution in [0.25, 0.3) is 0 Å². The van der Waals surface area contributed by atoms with Gasteiger partial charge in [0.2, 0.25) is 5.91 Å². The normalized spacial score (nSPS) is 10.2. The molecule has 0 radical (unpaired) electrons. The van der Waals surface area contributed by atoms with E-state index < -0.39 is 0 Å². The number of anilines is 1. The first-order valence-corrected chi connectivity index (χ1v) is 6.24. The largest absolute Gasteiger partial charge is 0.302 e. The van der Waals surface area contributed by atoms with Crippen molar-refractivity contribution in [2.24, 2.45) is 0 Å². The summed E-state index contributed by atoms with van der Waals surface area (Å²) in [7, 11) is 0. The quantitative estimate of drug-likeness (QED) is 0.902. The Balaban J connectivity index is 1.82. The van der Waals surface area contributed by atoms with Crippen molar-refractivity contribution in [2.75, 3.05) is 5.32 Å². The van der Waals surface area contributed by atoms with Gasteiger partial charge in [0.15, 0.2) is 5.13 Å².